The number of anilines is 1. The van der Waals surface area contributed by atoms with E-state index >= 15 is 0 Å². The summed E-state index contributed by atoms with van der Waals surface area (Å²) in [6, 6.07) is 19.7. The molecule has 0 unspecified atom stereocenters. The van der Waals surface area contributed by atoms with Crippen LogP contribution >= 0.6 is 70.0 Å². The summed E-state index contributed by atoms with van der Waals surface area (Å²) in [6.45, 7) is 0. The number of hydrogen-bond acceptors (Lipinski definition) is 5. The fourth-order valence-electron chi connectivity index (χ4n) is 3.59. The second kappa shape index (κ2) is 11.5. The van der Waals surface area contributed by atoms with E-state index in [0.717, 1.165) is 10.2 Å². The molecule has 2 aromatic heterocycles. The summed E-state index contributed by atoms with van der Waals surface area (Å²) in [7, 11) is 0. The predicted molar refractivity (Wildman–Crippen MR) is 163 cm³/mol. The summed E-state index contributed by atoms with van der Waals surface area (Å²) in [5, 5.41) is 8.15. The minimum absolute atomic E-state index is 0.0549. The maximum absolute atomic E-state index is 12.5. The number of aromatic nitrogens is 1. The second-order valence-corrected chi connectivity index (χ2v) is 11.0. The van der Waals surface area contributed by atoms with E-state index in [2.05, 4.69) is 15.6 Å². The van der Waals surface area contributed by atoms with Gasteiger partial charge in [0.2, 0.25) is 5.91 Å². The van der Waals surface area contributed by atoms with Crippen molar-refractivity contribution in [1.29, 1.82) is 0 Å². The molecule has 0 aliphatic heterocycles. The Labute approximate surface area is 247 Å². The smallest absolute Gasteiger partial charge is 0.250 e. The Hall–Kier alpha value is -2.91. The van der Waals surface area contributed by atoms with E-state index in [1.165, 1.54) is 23.5 Å². The molecule has 0 bridgehead atoms. The average molecular weight is 619 g/mol. The first-order valence-corrected chi connectivity index (χ1v) is 13.7. The number of thiazole rings is 1. The second-order valence-electron chi connectivity index (χ2n) is 7.90. The zero-order valence-electron chi connectivity index (χ0n) is 19.1. The largest absolute Gasteiger partial charge is 0.457 e. The zero-order chi connectivity index (χ0) is 26.8. The van der Waals surface area contributed by atoms with Gasteiger partial charge in [-0.15, -0.1) is 11.3 Å². The summed E-state index contributed by atoms with van der Waals surface area (Å²) in [5.74, 6) is 0.541. The highest BCUT2D eigenvalue weighted by atomic mass is 35.5. The molecule has 5 rings (SSSR count). The lowest BCUT2D eigenvalue weighted by Gasteiger charge is -2.14. The fraction of sp³-hybridized carbons (Fsp3) is 0. The summed E-state index contributed by atoms with van der Waals surface area (Å²) in [6.07, 6.45) is 2.82. The van der Waals surface area contributed by atoms with Crippen molar-refractivity contribution in [3.63, 3.8) is 0 Å². The monoisotopic (exact) mass is 617 g/mol. The number of benzene rings is 3. The van der Waals surface area contributed by atoms with E-state index in [9.17, 15) is 4.79 Å². The highest BCUT2D eigenvalue weighted by Gasteiger charge is 2.17. The van der Waals surface area contributed by atoms with Crippen LogP contribution in [-0.4, -0.2) is 16.0 Å². The number of furan rings is 1. The molecule has 0 saturated heterocycles. The van der Waals surface area contributed by atoms with Gasteiger partial charge in [-0.25, -0.2) is 4.98 Å². The van der Waals surface area contributed by atoms with Gasteiger partial charge in [-0.3, -0.25) is 10.1 Å². The quantitative estimate of drug-likeness (QED) is 0.152. The maximum Gasteiger partial charge on any atom is 0.250 e. The minimum Gasteiger partial charge on any atom is -0.457 e. The van der Waals surface area contributed by atoms with E-state index in [-0.39, 0.29) is 5.11 Å². The van der Waals surface area contributed by atoms with E-state index in [4.69, 9.17) is 63.0 Å². The van der Waals surface area contributed by atoms with Crippen LogP contribution < -0.4 is 10.6 Å². The predicted octanol–water partition coefficient (Wildman–Crippen LogP) is 9.36. The number of amides is 1. The third-order valence-corrected chi connectivity index (χ3v) is 7.61. The van der Waals surface area contributed by atoms with Crippen molar-refractivity contribution in [2.75, 3.05) is 5.32 Å². The van der Waals surface area contributed by atoms with Gasteiger partial charge in [0.05, 0.1) is 25.9 Å². The zero-order valence-corrected chi connectivity index (χ0v) is 23.8. The molecular weight excluding hydrogens is 604 g/mol. The summed E-state index contributed by atoms with van der Waals surface area (Å²) >= 11 is 31.8. The van der Waals surface area contributed by atoms with Crippen LogP contribution in [0.2, 0.25) is 20.1 Å². The molecule has 0 fully saturated rings. The molecule has 2 heterocycles. The lowest BCUT2D eigenvalue weighted by molar-refractivity contribution is -0.115. The van der Waals surface area contributed by atoms with Gasteiger partial charge in [-0.2, -0.15) is 0 Å². The molecule has 5 aromatic rings. The molecular formula is C27H15Cl4N3O2S2. The molecule has 1 amide bonds. The lowest BCUT2D eigenvalue weighted by Crippen LogP contribution is -2.33. The summed E-state index contributed by atoms with van der Waals surface area (Å²) < 4.78 is 6.80. The van der Waals surface area contributed by atoms with Crippen molar-refractivity contribution in [2.24, 2.45) is 0 Å². The minimum atomic E-state index is -0.461. The maximum atomic E-state index is 12.5. The third-order valence-electron chi connectivity index (χ3n) is 5.28. The molecule has 0 aliphatic carbocycles. The average Bonchev–Trinajstić information content (AvgIpc) is 3.51. The van der Waals surface area contributed by atoms with Crippen LogP contribution in [0.5, 0.6) is 0 Å². The molecule has 190 valence electrons. The van der Waals surface area contributed by atoms with E-state index in [1.54, 1.807) is 42.5 Å². The molecule has 2 N–H and O–H groups in total. The van der Waals surface area contributed by atoms with Gasteiger partial charge in [0.25, 0.3) is 0 Å². The highest BCUT2D eigenvalue weighted by Crippen LogP contribution is 2.40. The third kappa shape index (κ3) is 6.04. The van der Waals surface area contributed by atoms with Crippen molar-refractivity contribution in [3.05, 3.63) is 98.7 Å². The van der Waals surface area contributed by atoms with Crippen molar-refractivity contribution in [2.45, 2.75) is 0 Å². The molecule has 0 aliphatic rings. The van der Waals surface area contributed by atoms with E-state index in [1.807, 2.05) is 24.3 Å². The Morgan fingerprint density at radius 1 is 0.921 bits per heavy atom. The van der Waals surface area contributed by atoms with Crippen LogP contribution in [0, 0.1) is 0 Å². The first kappa shape index (κ1) is 26.7. The van der Waals surface area contributed by atoms with Crippen LogP contribution in [-0.2, 0) is 4.79 Å². The molecule has 5 nitrogen and oxygen atoms in total. The van der Waals surface area contributed by atoms with E-state index < -0.39 is 5.91 Å². The molecule has 0 radical (unpaired) electrons. The van der Waals surface area contributed by atoms with Crippen LogP contribution in [0.1, 0.15) is 5.76 Å². The number of nitrogens with one attached hydrogen (secondary N) is 2. The van der Waals surface area contributed by atoms with Crippen molar-refractivity contribution in [3.8, 4) is 21.9 Å². The number of carbonyl (C=O) groups is 1. The Morgan fingerprint density at radius 3 is 2.50 bits per heavy atom. The van der Waals surface area contributed by atoms with Gasteiger partial charge in [0.15, 0.2) is 5.11 Å². The summed E-state index contributed by atoms with van der Waals surface area (Å²) in [5.41, 5.74) is 2.70. The number of para-hydroxylation sites is 1. The van der Waals surface area contributed by atoms with Crippen LogP contribution in [0.25, 0.3) is 38.2 Å². The standard InChI is InChI=1S/C27H15Cl4N3O2S2/c28-14-5-8-17(19(30)12-14)22-9-6-16(36-22)7-10-24(35)33-27(37)34-25-18(11-15(29)13-20(25)31)26-32-21-3-1-2-4-23(21)38-26/h1-13H,(H2,33,34,35,37)/b10-7+. The van der Waals surface area contributed by atoms with Crippen LogP contribution in [0.3, 0.4) is 0 Å². The molecule has 0 spiro atoms. The van der Waals surface area contributed by atoms with Crippen LogP contribution in [0.15, 0.2) is 77.2 Å². The van der Waals surface area contributed by atoms with Gasteiger partial charge in [-0.05, 0) is 72.9 Å². The van der Waals surface area contributed by atoms with Crippen LogP contribution in [0.4, 0.5) is 5.69 Å². The molecule has 38 heavy (non-hydrogen) atoms. The molecule has 3 aromatic carbocycles. The number of thiocarbonyl (C=S) groups is 1. The topological polar surface area (TPSA) is 67.2 Å². The van der Waals surface area contributed by atoms with Gasteiger partial charge < -0.3 is 9.73 Å². The molecule has 0 saturated carbocycles. The lowest BCUT2D eigenvalue weighted by atomic mass is 10.2. The Kier molecular flexibility index (Phi) is 8.04. The molecule has 0 atom stereocenters. The first-order chi connectivity index (χ1) is 18.3. The highest BCUT2D eigenvalue weighted by molar-refractivity contribution is 7.80. The number of fused-ring (bicyclic) bond motifs is 1. The van der Waals surface area contributed by atoms with Crippen molar-refractivity contribution < 1.29 is 9.21 Å². The number of carbonyl (C=O) groups excluding carboxylic acids is 1. The normalized spacial score (nSPS) is 11.3. The van der Waals surface area contributed by atoms with Gasteiger partial charge >= 0.3 is 0 Å². The van der Waals surface area contributed by atoms with Gasteiger partial charge in [-0.1, -0.05) is 58.5 Å². The first-order valence-electron chi connectivity index (χ1n) is 11.0. The Morgan fingerprint density at radius 2 is 1.71 bits per heavy atom. The van der Waals surface area contributed by atoms with Crippen molar-refractivity contribution >= 4 is 103 Å². The Bertz CT molecular complexity index is 1700. The number of rotatable bonds is 5. The number of hydrogen-bond donors (Lipinski definition) is 2. The fourth-order valence-corrected chi connectivity index (χ4v) is 5.82. The van der Waals surface area contributed by atoms with E-state index in [0.29, 0.717) is 53.4 Å². The summed E-state index contributed by atoms with van der Waals surface area (Å²) in [4.78, 5) is 17.2. The number of nitrogens with zero attached hydrogens (tertiary/aromatic N) is 1. The molecule has 11 heteroatoms. The SMILES string of the molecule is O=C(/C=C/c1ccc(-c2ccc(Cl)cc2Cl)o1)NC(=S)Nc1c(Cl)cc(Cl)cc1-c1nc2ccccc2s1. The van der Waals surface area contributed by atoms with Crippen molar-refractivity contribution in [1.82, 2.24) is 10.3 Å². The van der Waals surface area contributed by atoms with Gasteiger partial charge in [0, 0.05) is 27.2 Å². The Balaban J connectivity index is 1.29. The number of halogens is 4. The van der Waals surface area contributed by atoms with Gasteiger partial charge in [0.1, 0.15) is 16.5 Å².